The summed E-state index contributed by atoms with van der Waals surface area (Å²) in [7, 11) is 0. The number of nitrogens with one attached hydrogen (secondary N) is 2. The van der Waals surface area contributed by atoms with Crippen molar-refractivity contribution in [1.29, 1.82) is 0 Å². The van der Waals surface area contributed by atoms with Crippen LogP contribution in [-0.4, -0.2) is 30.1 Å². The van der Waals surface area contributed by atoms with E-state index in [1.807, 2.05) is 37.3 Å². The van der Waals surface area contributed by atoms with E-state index in [0.29, 0.717) is 5.65 Å². The molecule has 0 unspecified atom stereocenters. The number of hydrogen-bond acceptors (Lipinski definition) is 4. The Morgan fingerprint density at radius 2 is 1.81 bits per heavy atom. The third-order valence-corrected chi connectivity index (χ3v) is 5.55. The van der Waals surface area contributed by atoms with Crippen LogP contribution in [0.3, 0.4) is 0 Å². The molecule has 6 rings (SSSR count). The van der Waals surface area contributed by atoms with E-state index in [9.17, 15) is 4.39 Å². The van der Waals surface area contributed by atoms with E-state index in [4.69, 9.17) is 0 Å². The second kappa shape index (κ2) is 7.09. The Balaban J connectivity index is 1.52. The number of rotatable bonds is 3. The van der Waals surface area contributed by atoms with Crippen LogP contribution in [0.1, 0.15) is 5.56 Å². The summed E-state index contributed by atoms with van der Waals surface area (Å²) >= 11 is 0. The summed E-state index contributed by atoms with van der Waals surface area (Å²) in [6.45, 7) is 1.90. The van der Waals surface area contributed by atoms with Gasteiger partial charge >= 0.3 is 0 Å². The zero-order valence-corrected chi connectivity index (χ0v) is 17.1. The lowest BCUT2D eigenvalue weighted by Crippen LogP contribution is -1.86. The maximum atomic E-state index is 14.1. The second-order valence-corrected chi connectivity index (χ2v) is 7.75. The largest absolute Gasteiger partial charge is 0.353 e. The number of benzene rings is 2. The summed E-state index contributed by atoms with van der Waals surface area (Å²) in [5.41, 5.74) is 7.55. The molecule has 7 heteroatoms. The zero-order valence-electron chi connectivity index (χ0n) is 17.1. The van der Waals surface area contributed by atoms with Gasteiger partial charge in [-0.3, -0.25) is 15.1 Å². The minimum absolute atomic E-state index is 0.242. The van der Waals surface area contributed by atoms with Crippen LogP contribution >= 0.6 is 0 Å². The lowest BCUT2D eigenvalue weighted by atomic mass is 9.99. The minimum atomic E-state index is -0.242. The number of halogens is 1. The fourth-order valence-corrected chi connectivity index (χ4v) is 4.12. The topological polar surface area (TPSA) is 83.1 Å². The van der Waals surface area contributed by atoms with Gasteiger partial charge in [0.15, 0.2) is 5.65 Å². The van der Waals surface area contributed by atoms with Crippen LogP contribution in [0.5, 0.6) is 0 Å². The Morgan fingerprint density at radius 3 is 2.66 bits per heavy atom. The molecule has 0 spiro atoms. The Bertz CT molecular complexity index is 1580. The summed E-state index contributed by atoms with van der Waals surface area (Å²) in [6.07, 6.45) is 6.76. The lowest BCUT2D eigenvalue weighted by Gasteiger charge is -2.05. The van der Waals surface area contributed by atoms with Crippen molar-refractivity contribution in [1.82, 2.24) is 30.1 Å². The molecule has 4 aromatic heterocycles. The third-order valence-electron chi connectivity index (χ3n) is 5.55. The zero-order chi connectivity index (χ0) is 21.7. The monoisotopic (exact) mass is 420 g/mol. The number of hydrogen-bond donors (Lipinski definition) is 2. The van der Waals surface area contributed by atoms with Crippen LogP contribution in [0.15, 0.2) is 73.3 Å². The Hall–Kier alpha value is -4.39. The summed E-state index contributed by atoms with van der Waals surface area (Å²) < 4.78 is 14.1. The van der Waals surface area contributed by atoms with Gasteiger partial charge in [-0.15, -0.1) is 0 Å². The van der Waals surface area contributed by atoms with Gasteiger partial charge in [-0.2, -0.15) is 5.10 Å². The average molecular weight is 420 g/mol. The molecule has 4 heterocycles. The van der Waals surface area contributed by atoms with Crippen LogP contribution < -0.4 is 0 Å². The first-order chi connectivity index (χ1) is 15.7. The van der Waals surface area contributed by atoms with Gasteiger partial charge in [-0.25, -0.2) is 9.37 Å². The standard InChI is InChI=1S/C25H17FN6/c1-14-7-15(9-17(26)8-14)18-3-2-4-21-19(18)11-22(30-21)24-20-10-16(12-29-25(20)32-31-24)23-13-27-5-6-28-23/h2-13,30H,1H3,(H,29,31,32). The van der Waals surface area contributed by atoms with Crippen molar-refractivity contribution in [3.63, 3.8) is 0 Å². The van der Waals surface area contributed by atoms with Crippen molar-refractivity contribution in [2.45, 2.75) is 6.92 Å². The van der Waals surface area contributed by atoms with E-state index in [1.165, 1.54) is 6.07 Å². The Morgan fingerprint density at radius 1 is 0.875 bits per heavy atom. The quantitative estimate of drug-likeness (QED) is 0.386. The Labute approximate surface area is 182 Å². The van der Waals surface area contributed by atoms with Crippen LogP contribution in [0.4, 0.5) is 4.39 Å². The molecule has 0 bridgehead atoms. The SMILES string of the molecule is Cc1cc(F)cc(-c2cccc3[nH]c(-c4n[nH]c5ncc(-c6cnccn6)cc45)cc23)c1. The molecule has 0 saturated carbocycles. The number of H-pyrrole nitrogens is 2. The number of aryl methyl sites for hydroxylation is 1. The van der Waals surface area contributed by atoms with Crippen molar-refractivity contribution >= 4 is 21.9 Å². The molecule has 0 amide bonds. The van der Waals surface area contributed by atoms with Crippen LogP contribution in [0, 0.1) is 12.7 Å². The lowest BCUT2D eigenvalue weighted by molar-refractivity contribution is 0.627. The summed E-state index contributed by atoms with van der Waals surface area (Å²) in [5.74, 6) is -0.242. The highest BCUT2D eigenvalue weighted by atomic mass is 19.1. The smallest absolute Gasteiger partial charge is 0.155 e. The highest BCUT2D eigenvalue weighted by Crippen LogP contribution is 2.35. The summed E-state index contributed by atoms with van der Waals surface area (Å²) in [4.78, 5) is 16.5. The Kier molecular flexibility index (Phi) is 4.07. The molecule has 2 aromatic carbocycles. The molecule has 0 saturated heterocycles. The van der Waals surface area contributed by atoms with Crippen molar-refractivity contribution < 1.29 is 4.39 Å². The van der Waals surface area contributed by atoms with Crippen LogP contribution in [0.2, 0.25) is 0 Å². The van der Waals surface area contributed by atoms with E-state index >= 15 is 0 Å². The van der Waals surface area contributed by atoms with Crippen molar-refractivity contribution in [2.75, 3.05) is 0 Å². The van der Waals surface area contributed by atoms with Crippen molar-refractivity contribution in [2.24, 2.45) is 0 Å². The molecule has 0 fully saturated rings. The van der Waals surface area contributed by atoms with Gasteiger partial charge in [-0.05, 0) is 53.9 Å². The number of fused-ring (bicyclic) bond motifs is 2. The van der Waals surface area contributed by atoms with E-state index in [2.05, 4.69) is 36.2 Å². The third kappa shape index (κ3) is 3.02. The number of aromatic amines is 2. The molecule has 0 aliphatic carbocycles. The molecule has 6 nitrogen and oxygen atoms in total. The van der Waals surface area contributed by atoms with Crippen molar-refractivity contribution in [3.05, 3.63) is 84.7 Å². The number of aromatic nitrogens is 6. The van der Waals surface area contributed by atoms with E-state index < -0.39 is 0 Å². The maximum Gasteiger partial charge on any atom is 0.155 e. The molecular formula is C25H17FN6. The van der Waals surface area contributed by atoms with Crippen molar-refractivity contribution in [3.8, 4) is 33.8 Å². The molecule has 0 radical (unpaired) electrons. The predicted octanol–water partition coefficient (Wildman–Crippen LogP) is 5.68. The van der Waals surface area contributed by atoms with E-state index in [-0.39, 0.29) is 5.82 Å². The van der Waals surface area contributed by atoms with Gasteiger partial charge < -0.3 is 4.98 Å². The molecule has 0 aliphatic heterocycles. The highest BCUT2D eigenvalue weighted by molar-refractivity contribution is 6.01. The van der Waals surface area contributed by atoms with Gasteiger partial charge in [0, 0.05) is 40.4 Å². The van der Waals surface area contributed by atoms with Gasteiger partial charge in [0.25, 0.3) is 0 Å². The first-order valence-electron chi connectivity index (χ1n) is 10.2. The molecule has 0 atom stereocenters. The molecular weight excluding hydrogens is 403 g/mol. The summed E-state index contributed by atoms with van der Waals surface area (Å²) in [6, 6.07) is 15.1. The molecule has 2 N–H and O–H groups in total. The maximum absolute atomic E-state index is 14.1. The first-order valence-corrected chi connectivity index (χ1v) is 10.2. The molecule has 6 aromatic rings. The number of pyridine rings is 1. The molecule has 154 valence electrons. The van der Waals surface area contributed by atoms with Gasteiger partial charge in [0.1, 0.15) is 11.5 Å². The average Bonchev–Trinajstić information content (AvgIpc) is 3.42. The van der Waals surface area contributed by atoms with Gasteiger partial charge in [0.2, 0.25) is 0 Å². The predicted molar refractivity (Wildman–Crippen MR) is 122 cm³/mol. The van der Waals surface area contributed by atoms with Crippen LogP contribution in [0.25, 0.3) is 55.7 Å². The van der Waals surface area contributed by atoms with Crippen LogP contribution in [-0.2, 0) is 0 Å². The fourth-order valence-electron chi connectivity index (χ4n) is 4.12. The normalized spacial score (nSPS) is 11.4. The second-order valence-electron chi connectivity index (χ2n) is 7.75. The van der Waals surface area contributed by atoms with E-state index in [1.54, 1.807) is 30.9 Å². The fraction of sp³-hybridized carbons (Fsp3) is 0.0400. The first kappa shape index (κ1) is 18.4. The van der Waals surface area contributed by atoms with E-state index in [0.717, 1.165) is 55.6 Å². The van der Waals surface area contributed by atoms with Gasteiger partial charge in [0.05, 0.1) is 17.6 Å². The summed E-state index contributed by atoms with van der Waals surface area (Å²) in [5, 5.41) is 9.39. The number of nitrogens with zero attached hydrogens (tertiary/aromatic N) is 4. The molecule has 32 heavy (non-hydrogen) atoms. The molecule has 0 aliphatic rings. The van der Waals surface area contributed by atoms with Gasteiger partial charge in [-0.1, -0.05) is 18.2 Å². The highest BCUT2D eigenvalue weighted by Gasteiger charge is 2.15. The minimum Gasteiger partial charge on any atom is -0.353 e.